The number of benzene rings is 8. The third kappa shape index (κ3) is 21.3. The lowest BCUT2D eigenvalue weighted by Crippen LogP contribution is -2.67. The molecule has 3 heterocycles. The van der Waals surface area contributed by atoms with Crippen molar-refractivity contribution in [3.63, 3.8) is 0 Å². The lowest BCUT2D eigenvalue weighted by atomic mass is 9.77. The number of thioether (sulfide) groups is 1. The Morgan fingerprint density at radius 2 is 1.07 bits per heavy atom. The molecule has 642 valence electrons. The second-order valence-corrected chi connectivity index (χ2v) is 34.5. The first-order valence-electron chi connectivity index (χ1n) is 41.2. The zero-order valence-electron chi connectivity index (χ0n) is 70.6. The lowest BCUT2D eigenvalue weighted by molar-refractivity contribution is -0.159. The van der Waals surface area contributed by atoms with Gasteiger partial charge < -0.3 is 66.2 Å². The summed E-state index contributed by atoms with van der Waals surface area (Å²) in [5, 5.41) is 35.7. The highest BCUT2D eigenvalue weighted by atomic mass is 32.2. The van der Waals surface area contributed by atoms with Gasteiger partial charge in [0.2, 0.25) is 41.4 Å². The molecule has 2 saturated heterocycles. The number of nitrogens with one attached hydrogen (secondary N) is 8. The summed E-state index contributed by atoms with van der Waals surface area (Å²) in [6, 6.07) is 64.1. The van der Waals surface area contributed by atoms with E-state index in [4.69, 9.17) is 18.9 Å². The number of likely N-dealkylation sites (tertiary alicyclic amines) is 2. The molecule has 122 heavy (non-hydrogen) atoms. The van der Waals surface area contributed by atoms with Gasteiger partial charge in [0, 0.05) is 49.2 Å². The van der Waals surface area contributed by atoms with Crippen LogP contribution in [0.25, 0.3) is 0 Å². The summed E-state index contributed by atoms with van der Waals surface area (Å²) >= 11 is 1.27. The van der Waals surface area contributed by atoms with Crippen LogP contribution >= 0.6 is 11.8 Å². The first-order valence-corrected chi connectivity index (χ1v) is 42.1. The first-order chi connectivity index (χ1) is 58.2. The minimum atomic E-state index is -2.23. The Kier molecular flexibility index (Phi) is 29.5. The molecule has 8 aromatic rings. The van der Waals surface area contributed by atoms with Gasteiger partial charge >= 0.3 is 18.0 Å². The summed E-state index contributed by atoms with van der Waals surface area (Å²) in [7, 11) is 0. The van der Waals surface area contributed by atoms with Crippen LogP contribution in [0.3, 0.4) is 0 Å². The number of amides is 8. The van der Waals surface area contributed by atoms with Crippen molar-refractivity contribution < 1.29 is 76.8 Å². The highest BCUT2D eigenvalue weighted by Gasteiger charge is 2.62. The van der Waals surface area contributed by atoms with Gasteiger partial charge in [-0.3, -0.25) is 58.2 Å². The maximum absolute atomic E-state index is 16.9. The van der Waals surface area contributed by atoms with Crippen LogP contribution in [0, 0.1) is 11.8 Å². The molecule has 0 aromatic heterocycles. The third-order valence-corrected chi connectivity index (χ3v) is 24.0. The van der Waals surface area contributed by atoms with E-state index in [0.717, 1.165) is 26.5 Å². The summed E-state index contributed by atoms with van der Waals surface area (Å²) in [5.74, 6) is -9.59. The molecule has 26 nitrogen and oxygen atoms in total. The molecule has 5 unspecified atom stereocenters. The van der Waals surface area contributed by atoms with Gasteiger partial charge in [-0.05, 0) is 99.4 Å². The largest absolute Gasteiger partial charge is 0.462 e. The number of nitrogens with zero attached hydrogens (tertiary/aromatic N) is 2. The van der Waals surface area contributed by atoms with Crippen LogP contribution < -0.4 is 42.5 Å². The van der Waals surface area contributed by atoms with Crippen molar-refractivity contribution in [2.45, 2.75) is 190 Å². The second-order valence-electron chi connectivity index (χ2n) is 33.3. The van der Waals surface area contributed by atoms with Crippen LogP contribution in [0.2, 0.25) is 0 Å². The number of hydrogen-bond donors (Lipinski definition) is 9. The Hall–Kier alpha value is -12.0. The van der Waals surface area contributed by atoms with E-state index in [1.165, 1.54) is 18.7 Å². The molecule has 8 aromatic carbocycles. The SMILES string of the molecule is CC[C@H](C)C(NC(=O)CNC(=O)[C@H]1CC2(O)c3ccccc3NC2N1C(=O)OC(C)(C)C)C(=O)NCC(=O)NC(CSC(c1ccccc1)(c1ccccc1)c1ccccc1)C(=O)NC(CC(=O)NC(c1ccccc1)(c1ccccc1)c1ccccc1)C(=O)N1C[C@H](OC(C)(C)C)C[C@]1(C=O)N[C@H](C(=O)OCc1ccccc1)[C@@H](C)[C@H](C)OC(C)=O. The summed E-state index contributed by atoms with van der Waals surface area (Å²) in [6.45, 7) is 16.2. The average molecular weight is 1680 g/mol. The summed E-state index contributed by atoms with van der Waals surface area (Å²) in [5.41, 5.74) is -1.56. The number of rotatable bonds is 35. The fourth-order valence-corrected chi connectivity index (χ4v) is 17.8. The predicted molar refractivity (Wildman–Crippen MR) is 462 cm³/mol. The summed E-state index contributed by atoms with van der Waals surface area (Å²) in [4.78, 5) is 167. The van der Waals surface area contributed by atoms with Crippen molar-refractivity contribution >= 4 is 83.1 Å². The van der Waals surface area contributed by atoms with Gasteiger partial charge in [0.15, 0.2) is 11.9 Å². The van der Waals surface area contributed by atoms with E-state index in [-0.39, 0.29) is 31.7 Å². The number of ether oxygens (including phenoxy) is 4. The molecular weight excluding hydrogens is 1570 g/mol. The van der Waals surface area contributed by atoms with E-state index in [9.17, 15) is 38.7 Å². The second kappa shape index (κ2) is 39.7. The van der Waals surface area contributed by atoms with E-state index < -0.39 is 172 Å². The topological polar surface area (TPSA) is 348 Å². The molecule has 9 N–H and O–H groups in total. The van der Waals surface area contributed by atoms with Crippen LogP contribution in [0.1, 0.15) is 146 Å². The van der Waals surface area contributed by atoms with Crippen molar-refractivity contribution in [2.24, 2.45) is 11.8 Å². The van der Waals surface area contributed by atoms with E-state index in [0.29, 0.717) is 46.2 Å². The van der Waals surface area contributed by atoms with E-state index in [1.807, 2.05) is 182 Å². The van der Waals surface area contributed by atoms with Crippen LogP contribution in [-0.2, 0) is 89.4 Å². The fourth-order valence-electron chi connectivity index (χ4n) is 16.2. The predicted octanol–water partition coefficient (Wildman–Crippen LogP) is 10.2. The van der Waals surface area contributed by atoms with Gasteiger partial charge in [-0.15, -0.1) is 11.8 Å². The minimum Gasteiger partial charge on any atom is -0.462 e. The molecule has 8 amide bonds. The number of anilines is 1. The number of aldehydes is 1. The average Bonchev–Trinajstić information content (AvgIpc) is 1.55. The van der Waals surface area contributed by atoms with Crippen molar-refractivity contribution in [1.29, 1.82) is 0 Å². The van der Waals surface area contributed by atoms with Gasteiger partial charge in [-0.25, -0.2) is 4.79 Å². The number of para-hydroxylation sites is 1. The molecule has 3 aliphatic rings. The number of hydrogen-bond acceptors (Lipinski definition) is 19. The van der Waals surface area contributed by atoms with Crippen LogP contribution in [0.4, 0.5) is 10.5 Å². The molecule has 0 spiro atoms. The molecule has 0 bridgehead atoms. The Bertz CT molecular complexity index is 4780. The maximum atomic E-state index is 16.9. The van der Waals surface area contributed by atoms with Gasteiger partial charge in [-0.1, -0.05) is 258 Å². The molecule has 0 saturated carbocycles. The number of esters is 2. The van der Waals surface area contributed by atoms with E-state index in [2.05, 4.69) is 42.5 Å². The molecule has 27 heteroatoms. The first kappa shape index (κ1) is 90.7. The fraction of sp³-hybridized carbons (Fsp3) is 0.379. The highest BCUT2D eigenvalue weighted by Crippen LogP contribution is 2.51. The van der Waals surface area contributed by atoms with Gasteiger partial charge in [0.05, 0.1) is 36.0 Å². The molecule has 2 fully saturated rings. The number of fused-ring (bicyclic) bond motifs is 3. The third-order valence-electron chi connectivity index (χ3n) is 22.3. The Labute approximate surface area is 716 Å². The molecule has 3 aliphatic heterocycles. The lowest BCUT2D eigenvalue weighted by Gasteiger charge is -2.41. The van der Waals surface area contributed by atoms with Crippen LogP contribution in [-0.4, -0.2) is 171 Å². The molecule has 11 rings (SSSR count). The Balaban J connectivity index is 0.956. The monoisotopic (exact) mass is 1680 g/mol. The quantitative estimate of drug-likeness (QED) is 0.00771. The molecule has 12 atom stereocenters. The number of aliphatic hydroxyl groups is 1. The summed E-state index contributed by atoms with van der Waals surface area (Å²) in [6.07, 6.45) is -4.60. The van der Waals surface area contributed by atoms with E-state index in [1.54, 1.807) is 124 Å². The maximum Gasteiger partial charge on any atom is 0.412 e. The standard InChI is InChI=1S/C95H110N10O16S/c1-12-61(2)81(101-80(110)56-96-84(112)77-54-93(117)73-50-34-35-51-74(73)100-88(93)105(77)89(116)121-91(9,10)11)85(113)97-55-79(109)98-76(59-122-95(69-44-28-17-29-45-69,70-46-30-18-31-47-70)71-48-32-19-33-49-71)83(111)99-75(52-78(108)102-94(66-38-22-14-23-39-66,67-40-24-15-25-41-67)68-42-26-16-27-43-68)86(114)104-57-72(120-90(6,7)8)53-92(104,60-106)103-82(62(3)63(4)119-64(5)107)87(115)118-58-65-36-20-13-21-37-65/h13-51,60-63,72,75-77,81-82,88,100,103,117H,12,52-59H2,1-11H3,(H,96,112)(H,97,113)(H,98,109)(H,99,111)(H,101,110)(H,102,108)/t61-,62-,63-,72+,75?,76?,77+,81?,82-,88?,92-,93?/m0/s1. The Morgan fingerprint density at radius 3 is 1.57 bits per heavy atom. The zero-order chi connectivity index (χ0) is 87.7. The highest BCUT2D eigenvalue weighted by molar-refractivity contribution is 8.00. The number of carbonyl (C=O) groups is 11. The van der Waals surface area contributed by atoms with Crippen molar-refractivity contribution in [2.75, 3.05) is 30.7 Å². The Morgan fingerprint density at radius 1 is 0.582 bits per heavy atom. The van der Waals surface area contributed by atoms with Gasteiger partial charge in [-0.2, -0.15) is 0 Å². The summed E-state index contributed by atoms with van der Waals surface area (Å²) < 4.78 is 22.9. The van der Waals surface area contributed by atoms with Gasteiger partial charge in [0.1, 0.15) is 65.8 Å². The van der Waals surface area contributed by atoms with Crippen molar-refractivity contribution in [3.05, 3.63) is 281 Å². The normalized spacial score (nSPS) is 19.2. The minimum absolute atomic E-state index is 0.214. The van der Waals surface area contributed by atoms with Crippen LogP contribution in [0.5, 0.6) is 0 Å². The van der Waals surface area contributed by atoms with Crippen molar-refractivity contribution in [1.82, 2.24) is 47.0 Å². The van der Waals surface area contributed by atoms with E-state index >= 15 is 19.2 Å². The zero-order valence-corrected chi connectivity index (χ0v) is 71.4. The van der Waals surface area contributed by atoms with Crippen molar-refractivity contribution in [3.8, 4) is 0 Å². The molecular formula is C95H110N10O16S. The van der Waals surface area contributed by atoms with Crippen LogP contribution in [0.15, 0.2) is 237 Å². The van der Waals surface area contributed by atoms with Gasteiger partial charge in [0.25, 0.3) is 0 Å². The smallest absolute Gasteiger partial charge is 0.412 e. The molecule has 0 radical (unpaired) electrons. The molecule has 0 aliphatic carbocycles. The number of carbonyl (C=O) groups excluding carboxylic acids is 11.